The highest BCUT2D eigenvalue weighted by Gasteiger charge is 2.39. The average molecular weight is 384 g/mol. The third-order valence-electron chi connectivity index (χ3n) is 4.06. The van der Waals surface area contributed by atoms with Crippen LogP contribution in [0.1, 0.15) is 26.3 Å². The summed E-state index contributed by atoms with van der Waals surface area (Å²) >= 11 is 1.45. The average Bonchev–Trinajstić information content (AvgIpc) is 3.08. The van der Waals surface area contributed by atoms with Gasteiger partial charge in [-0.25, -0.2) is 8.42 Å². The van der Waals surface area contributed by atoms with E-state index in [0.29, 0.717) is 36.1 Å². The fourth-order valence-corrected chi connectivity index (χ4v) is 4.71. The third-order valence-corrected chi connectivity index (χ3v) is 6.38. The van der Waals surface area contributed by atoms with E-state index >= 15 is 0 Å². The van der Waals surface area contributed by atoms with Crippen molar-refractivity contribution in [1.82, 2.24) is 19.3 Å². The second kappa shape index (κ2) is 6.85. The van der Waals surface area contributed by atoms with Gasteiger partial charge in [0.25, 0.3) is 5.91 Å². The van der Waals surface area contributed by atoms with Gasteiger partial charge in [0, 0.05) is 37.9 Å². The van der Waals surface area contributed by atoms with Crippen LogP contribution in [0, 0.1) is 13.8 Å². The lowest BCUT2D eigenvalue weighted by Crippen LogP contribution is -2.62. The molecule has 25 heavy (non-hydrogen) atoms. The molecule has 0 spiro atoms. The Morgan fingerprint density at radius 3 is 2.64 bits per heavy atom. The van der Waals surface area contributed by atoms with Gasteiger partial charge in [-0.3, -0.25) is 4.79 Å². The first-order valence-corrected chi connectivity index (χ1v) is 10.5. The molecule has 2 aromatic rings. The third kappa shape index (κ3) is 4.07. The molecular weight excluding hydrogens is 364 g/mol. The van der Waals surface area contributed by atoms with E-state index in [4.69, 9.17) is 4.52 Å². The predicted molar refractivity (Wildman–Crippen MR) is 93.0 cm³/mol. The molecule has 1 amide bonds. The molecule has 8 nitrogen and oxygen atoms in total. The fraction of sp³-hybridized carbons (Fsp3) is 0.533. The minimum absolute atomic E-state index is 0.0448. The maximum atomic E-state index is 12.4. The monoisotopic (exact) mass is 384 g/mol. The number of amides is 1. The summed E-state index contributed by atoms with van der Waals surface area (Å²) in [6, 6.07) is 3.50. The van der Waals surface area contributed by atoms with Crippen LogP contribution in [0.4, 0.5) is 0 Å². The zero-order chi connectivity index (χ0) is 18.2. The van der Waals surface area contributed by atoms with Gasteiger partial charge in [0.2, 0.25) is 15.9 Å². The first-order chi connectivity index (χ1) is 11.7. The van der Waals surface area contributed by atoms with E-state index in [2.05, 4.69) is 10.1 Å². The van der Waals surface area contributed by atoms with E-state index < -0.39 is 10.0 Å². The molecule has 1 aliphatic heterocycles. The molecule has 10 heteroatoms. The summed E-state index contributed by atoms with van der Waals surface area (Å²) in [5, 5.41) is 3.79. The molecule has 0 unspecified atom stereocenters. The van der Waals surface area contributed by atoms with Gasteiger partial charge in [0.15, 0.2) is 5.82 Å². The smallest absolute Gasteiger partial charge is 0.264 e. The van der Waals surface area contributed by atoms with E-state index in [9.17, 15) is 13.2 Å². The highest BCUT2D eigenvalue weighted by molar-refractivity contribution is 7.88. The summed E-state index contributed by atoms with van der Waals surface area (Å²) < 4.78 is 30.5. The zero-order valence-corrected chi connectivity index (χ0v) is 15.9. The van der Waals surface area contributed by atoms with Crippen LogP contribution in [0.25, 0.3) is 0 Å². The molecular formula is C15H20N4O4S2. The number of rotatable bonds is 6. The Morgan fingerprint density at radius 1 is 1.40 bits per heavy atom. The van der Waals surface area contributed by atoms with Gasteiger partial charge in [-0.15, -0.1) is 11.3 Å². The number of hydrogen-bond acceptors (Lipinski definition) is 7. The number of aryl methyl sites for hydroxylation is 2. The summed E-state index contributed by atoms with van der Waals surface area (Å²) in [4.78, 5) is 19.9. The second-order valence-electron chi connectivity index (χ2n) is 6.13. The van der Waals surface area contributed by atoms with Gasteiger partial charge < -0.3 is 9.42 Å². The minimum atomic E-state index is -3.39. The van der Waals surface area contributed by atoms with Crippen LogP contribution in [0.5, 0.6) is 0 Å². The molecule has 0 bridgehead atoms. The Balaban J connectivity index is 1.61. The molecule has 2 aromatic heterocycles. The molecule has 0 radical (unpaired) electrons. The number of aromatic nitrogens is 2. The summed E-state index contributed by atoms with van der Waals surface area (Å²) in [5.41, 5.74) is 0. The highest BCUT2D eigenvalue weighted by atomic mass is 32.2. The summed E-state index contributed by atoms with van der Waals surface area (Å²) in [6.07, 6.45) is 1.56. The topological polar surface area (TPSA) is 96.6 Å². The number of carbonyl (C=O) groups excluding carboxylic acids is 1. The maximum absolute atomic E-state index is 12.4. The standard InChI is InChI=1S/C15H20N4O4S2/c1-10-4-5-13(24-10)15(20)18-8-12(9-18)19(25(3,21)22)7-6-14-16-11(2)23-17-14/h4-5,12H,6-9H2,1-3H3. The molecule has 1 aliphatic rings. The molecule has 0 N–H and O–H groups in total. The van der Waals surface area contributed by atoms with E-state index in [0.717, 1.165) is 4.88 Å². The van der Waals surface area contributed by atoms with Crippen molar-refractivity contribution < 1.29 is 17.7 Å². The lowest BCUT2D eigenvalue weighted by atomic mass is 10.1. The Hall–Kier alpha value is -1.78. The zero-order valence-electron chi connectivity index (χ0n) is 14.3. The number of nitrogens with zero attached hydrogens (tertiary/aromatic N) is 4. The summed E-state index contributed by atoms with van der Waals surface area (Å²) in [7, 11) is -3.39. The van der Waals surface area contributed by atoms with Crippen molar-refractivity contribution in [3.8, 4) is 0 Å². The van der Waals surface area contributed by atoms with Gasteiger partial charge >= 0.3 is 0 Å². The first-order valence-electron chi connectivity index (χ1n) is 7.86. The van der Waals surface area contributed by atoms with Crippen LogP contribution >= 0.6 is 11.3 Å². The van der Waals surface area contributed by atoms with Gasteiger partial charge in [-0.05, 0) is 19.1 Å². The molecule has 0 saturated carbocycles. The number of carbonyl (C=O) groups is 1. The lowest BCUT2D eigenvalue weighted by molar-refractivity contribution is 0.0459. The van der Waals surface area contributed by atoms with E-state index in [-0.39, 0.29) is 18.5 Å². The quantitative estimate of drug-likeness (QED) is 0.739. The Morgan fingerprint density at radius 2 is 2.12 bits per heavy atom. The SMILES string of the molecule is Cc1nc(CCN(C2CN(C(=O)c3ccc(C)s3)C2)S(C)(=O)=O)no1. The van der Waals surface area contributed by atoms with Crippen LogP contribution in [0.2, 0.25) is 0 Å². The van der Waals surface area contributed by atoms with Gasteiger partial charge in [-0.2, -0.15) is 9.29 Å². The molecule has 0 aliphatic carbocycles. The molecule has 1 fully saturated rings. The van der Waals surface area contributed by atoms with Crippen molar-refractivity contribution in [1.29, 1.82) is 0 Å². The number of sulfonamides is 1. The number of thiophene rings is 1. The van der Waals surface area contributed by atoms with Gasteiger partial charge in [0.1, 0.15) is 0 Å². The Bertz CT molecular complexity index is 868. The first kappa shape index (κ1) is 18.0. The molecule has 136 valence electrons. The second-order valence-corrected chi connectivity index (χ2v) is 9.35. The minimum Gasteiger partial charge on any atom is -0.340 e. The van der Waals surface area contributed by atoms with Crippen LogP contribution in [-0.4, -0.2) is 65.6 Å². The normalized spacial score (nSPS) is 15.6. The predicted octanol–water partition coefficient (Wildman–Crippen LogP) is 1.08. The molecule has 3 heterocycles. The van der Waals surface area contributed by atoms with Crippen molar-refractivity contribution in [2.45, 2.75) is 26.3 Å². The van der Waals surface area contributed by atoms with Crippen LogP contribution in [0.3, 0.4) is 0 Å². The van der Waals surface area contributed by atoms with E-state index in [1.165, 1.54) is 21.9 Å². The fourth-order valence-electron chi connectivity index (χ4n) is 2.78. The Labute approximate surface area is 150 Å². The van der Waals surface area contributed by atoms with Crippen LogP contribution in [0.15, 0.2) is 16.7 Å². The van der Waals surface area contributed by atoms with Crippen molar-refractivity contribution in [2.24, 2.45) is 0 Å². The van der Waals surface area contributed by atoms with Crippen LogP contribution in [-0.2, 0) is 16.4 Å². The van der Waals surface area contributed by atoms with Crippen molar-refractivity contribution in [2.75, 3.05) is 25.9 Å². The summed E-state index contributed by atoms with van der Waals surface area (Å²) in [6.45, 7) is 4.70. The molecule has 3 rings (SSSR count). The number of likely N-dealkylation sites (tertiary alicyclic amines) is 1. The lowest BCUT2D eigenvalue weighted by Gasteiger charge is -2.44. The van der Waals surface area contributed by atoms with Crippen molar-refractivity contribution >= 4 is 27.3 Å². The number of hydrogen-bond donors (Lipinski definition) is 0. The molecule has 1 saturated heterocycles. The molecule has 0 atom stereocenters. The Kier molecular flexibility index (Phi) is 4.94. The van der Waals surface area contributed by atoms with E-state index in [1.807, 2.05) is 19.1 Å². The van der Waals surface area contributed by atoms with Gasteiger partial charge in [0.05, 0.1) is 17.2 Å². The van der Waals surface area contributed by atoms with Crippen molar-refractivity contribution in [3.63, 3.8) is 0 Å². The van der Waals surface area contributed by atoms with E-state index in [1.54, 1.807) is 11.8 Å². The highest BCUT2D eigenvalue weighted by Crippen LogP contribution is 2.23. The maximum Gasteiger partial charge on any atom is 0.264 e. The molecule has 0 aromatic carbocycles. The largest absolute Gasteiger partial charge is 0.340 e. The van der Waals surface area contributed by atoms with Crippen molar-refractivity contribution in [3.05, 3.63) is 33.6 Å². The van der Waals surface area contributed by atoms with Crippen LogP contribution < -0.4 is 0 Å². The van der Waals surface area contributed by atoms with Gasteiger partial charge in [-0.1, -0.05) is 5.16 Å². The summed E-state index contributed by atoms with van der Waals surface area (Å²) in [5.74, 6) is 0.886.